The highest BCUT2D eigenvalue weighted by atomic mass is 127. The van der Waals surface area contributed by atoms with Gasteiger partial charge in [0.2, 0.25) is 5.88 Å². The van der Waals surface area contributed by atoms with Crippen molar-refractivity contribution < 1.29 is 14.2 Å². The van der Waals surface area contributed by atoms with Gasteiger partial charge < -0.3 is 25.3 Å². The van der Waals surface area contributed by atoms with E-state index in [1.165, 1.54) is 0 Å². The fraction of sp³-hybridized carbons (Fsp3) is 0.294. The first-order valence-electron chi connectivity index (χ1n) is 7.60. The molecule has 2 aromatic rings. The van der Waals surface area contributed by atoms with Gasteiger partial charge >= 0.3 is 0 Å². The third-order valence-corrected chi connectivity index (χ3v) is 3.52. The average molecular weight is 493 g/mol. The summed E-state index contributed by atoms with van der Waals surface area (Å²) in [6, 6.07) is 8.97. The third kappa shape index (κ3) is 6.85. The van der Waals surface area contributed by atoms with Crippen LogP contribution in [0.5, 0.6) is 11.6 Å². The summed E-state index contributed by atoms with van der Waals surface area (Å²) in [5, 5.41) is 3.47. The van der Waals surface area contributed by atoms with Crippen LogP contribution in [0.1, 0.15) is 5.56 Å². The number of aliphatic imine (C=N–C) groups is 1. The molecule has 7 nitrogen and oxygen atoms in total. The van der Waals surface area contributed by atoms with E-state index in [-0.39, 0.29) is 29.9 Å². The predicted octanol–water partition coefficient (Wildman–Crippen LogP) is 3.31. The molecule has 0 amide bonds. The van der Waals surface area contributed by atoms with Gasteiger partial charge in [-0.05, 0) is 24.3 Å². The molecule has 0 aliphatic carbocycles. The van der Waals surface area contributed by atoms with Crippen LogP contribution in [0.3, 0.4) is 0 Å². The fourth-order valence-electron chi connectivity index (χ4n) is 2.00. The van der Waals surface area contributed by atoms with E-state index in [4.69, 9.17) is 31.5 Å². The first-order valence-corrected chi connectivity index (χ1v) is 7.98. The monoisotopic (exact) mass is 492 g/mol. The summed E-state index contributed by atoms with van der Waals surface area (Å²) in [7, 11) is 3.18. The Balaban J connectivity index is 0.00000338. The highest BCUT2D eigenvalue weighted by Gasteiger charge is 2.05. The molecule has 3 N–H and O–H groups in total. The van der Waals surface area contributed by atoms with Crippen molar-refractivity contribution in [3.8, 4) is 11.6 Å². The zero-order valence-electron chi connectivity index (χ0n) is 14.6. The SMILES string of the molecule is COCCOc1ncccc1CN=C(N)Nc1ccc(OC)c(Cl)c1.I. The Hall–Kier alpha value is -1.78. The largest absolute Gasteiger partial charge is 0.495 e. The lowest BCUT2D eigenvalue weighted by Crippen LogP contribution is -2.22. The number of pyridine rings is 1. The van der Waals surface area contributed by atoms with Gasteiger partial charge in [0.1, 0.15) is 12.4 Å². The maximum absolute atomic E-state index is 6.09. The fourth-order valence-corrected chi connectivity index (χ4v) is 2.26. The van der Waals surface area contributed by atoms with Crippen LogP contribution < -0.4 is 20.5 Å². The van der Waals surface area contributed by atoms with E-state index < -0.39 is 0 Å². The molecule has 2 rings (SSSR count). The molecule has 0 aliphatic heterocycles. The van der Waals surface area contributed by atoms with Gasteiger partial charge in [-0.1, -0.05) is 17.7 Å². The zero-order chi connectivity index (χ0) is 18.1. The quantitative estimate of drug-likeness (QED) is 0.254. The van der Waals surface area contributed by atoms with Crippen LogP contribution in [-0.2, 0) is 11.3 Å². The Morgan fingerprint density at radius 2 is 2.08 bits per heavy atom. The Morgan fingerprint density at radius 1 is 1.27 bits per heavy atom. The Morgan fingerprint density at radius 3 is 2.77 bits per heavy atom. The van der Waals surface area contributed by atoms with Crippen LogP contribution >= 0.6 is 35.6 Å². The van der Waals surface area contributed by atoms with Crippen LogP contribution in [0.4, 0.5) is 5.69 Å². The lowest BCUT2D eigenvalue weighted by molar-refractivity contribution is 0.143. The normalized spacial score (nSPS) is 10.8. The van der Waals surface area contributed by atoms with Gasteiger partial charge in [0, 0.05) is 24.6 Å². The minimum Gasteiger partial charge on any atom is -0.495 e. The third-order valence-electron chi connectivity index (χ3n) is 3.22. The maximum Gasteiger partial charge on any atom is 0.218 e. The molecule has 26 heavy (non-hydrogen) atoms. The molecule has 0 spiro atoms. The number of nitrogens with zero attached hydrogens (tertiary/aromatic N) is 2. The van der Waals surface area contributed by atoms with Gasteiger partial charge in [-0.2, -0.15) is 0 Å². The van der Waals surface area contributed by atoms with Gasteiger partial charge in [-0.3, -0.25) is 0 Å². The molecule has 0 aliphatic rings. The molecular formula is C17H22ClIN4O3. The molecule has 1 heterocycles. The van der Waals surface area contributed by atoms with Gasteiger partial charge in [-0.15, -0.1) is 24.0 Å². The van der Waals surface area contributed by atoms with Crippen LogP contribution in [0, 0.1) is 0 Å². The molecule has 0 radical (unpaired) electrons. The Bertz CT molecular complexity index is 731. The van der Waals surface area contributed by atoms with Gasteiger partial charge in [0.15, 0.2) is 5.96 Å². The minimum atomic E-state index is 0. The standard InChI is InChI=1S/C17H21ClN4O3.HI/c1-23-8-9-25-16-12(4-3-7-20-16)11-21-17(19)22-13-5-6-15(24-2)14(18)10-13;/h3-7,10H,8-9,11H2,1-2H3,(H3,19,21,22);1H. The molecule has 0 unspecified atom stereocenters. The van der Waals surface area contributed by atoms with Crippen molar-refractivity contribution in [3.63, 3.8) is 0 Å². The predicted molar refractivity (Wildman–Crippen MR) is 114 cm³/mol. The second-order valence-electron chi connectivity index (χ2n) is 4.98. The first-order chi connectivity index (χ1) is 12.1. The summed E-state index contributed by atoms with van der Waals surface area (Å²) >= 11 is 6.09. The molecule has 1 aromatic carbocycles. The van der Waals surface area contributed by atoms with Crippen molar-refractivity contribution in [2.45, 2.75) is 6.54 Å². The summed E-state index contributed by atoms with van der Waals surface area (Å²) < 4.78 is 15.6. The van der Waals surface area contributed by atoms with Crippen molar-refractivity contribution >= 4 is 47.2 Å². The molecule has 0 bridgehead atoms. The van der Waals surface area contributed by atoms with Crippen molar-refractivity contribution in [3.05, 3.63) is 47.1 Å². The molecule has 0 saturated heterocycles. The van der Waals surface area contributed by atoms with Crippen LogP contribution in [0.2, 0.25) is 5.02 Å². The maximum atomic E-state index is 6.09. The second kappa shape index (κ2) is 11.8. The molecule has 142 valence electrons. The number of nitrogens with one attached hydrogen (secondary N) is 1. The van der Waals surface area contributed by atoms with Gasteiger partial charge in [0.05, 0.1) is 25.3 Å². The molecule has 9 heteroatoms. The highest BCUT2D eigenvalue weighted by Crippen LogP contribution is 2.27. The molecule has 0 saturated carbocycles. The van der Waals surface area contributed by atoms with E-state index in [1.807, 2.05) is 12.1 Å². The summed E-state index contributed by atoms with van der Waals surface area (Å²) in [6.07, 6.45) is 1.66. The summed E-state index contributed by atoms with van der Waals surface area (Å²) in [4.78, 5) is 8.51. The van der Waals surface area contributed by atoms with E-state index in [1.54, 1.807) is 38.6 Å². The lowest BCUT2D eigenvalue weighted by Gasteiger charge is -2.10. The number of anilines is 1. The van der Waals surface area contributed by atoms with Crippen molar-refractivity contribution in [2.24, 2.45) is 10.7 Å². The number of halogens is 2. The Kier molecular flexibility index (Phi) is 10.1. The first kappa shape index (κ1) is 22.3. The highest BCUT2D eigenvalue weighted by molar-refractivity contribution is 14.0. The topological polar surface area (TPSA) is 91.0 Å². The van der Waals surface area contributed by atoms with Crippen LogP contribution in [0.25, 0.3) is 0 Å². The average Bonchev–Trinajstić information content (AvgIpc) is 2.61. The molecule has 0 fully saturated rings. The zero-order valence-corrected chi connectivity index (χ0v) is 17.7. The van der Waals surface area contributed by atoms with E-state index >= 15 is 0 Å². The van der Waals surface area contributed by atoms with E-state index in [2.05, 4.69) is 15.3 Å². The van der Waals surface area contributed by atoms with Crippen LogP contribution in [0.15, 0.2) is 41.5 Å². The van der Waals surface area contributed by atoms with Gasteiger partial charge in [-0.25, -0.2) is 9.98 Å². The number of hydrogen-bond acceptors (Lipinski definition) is 5. The summed E-state index contributed by atoms with van der Waals surface area (Å²) in [5.41, 5.74) is 7.48. The van der Waals surface area contributed by atoms with E-state index in [9.17, 15) is 0 Å². The number of ether oxygens (including phenoxy) is 3. The number of nitrogens with two attached hydrogens (primary N) is 1. The number of benzene rings is 1. The number of methoxy groups -OCH3 is 2. The number of rotatable bonds is 8. The summed E-state index contributed by atoms with van der Waals surface area (Å²) in [5.74, 6) is 1.37. The number of guanidine groups is 1. The number of hydrogen-bond donors (Lipinski definition) is 2. The van der Waals surface area contributed by atoms with Gasteiger partial charge in [0.25, 0.3) is 0 Å². The smallest absolute Gasteiger partial charge is 0.218 e. The molecule has 1 aromatic heterocycles. The second-order valence-corrected chi connectivity index (χ2v) is 5.39. The van der Waals surface area contributed by atoms with Crippen molar-refractivity contribution in [1.29, 1.82) is 0 Å². The Labute approximate surface area is 174 Å². The van der Waals surface area contributed by atoms with E-state index in [0.29, 0.717) is 36.4 Å². The molecular weight excluding hydrogens is 471 g/mol. The van der Waals surface area contributed by atoms with Crippen molar-refractivity contribution in [1.82, 2.24) is 4.98 Å². The van der Waals surface area contributed by atoms with Crippen molar-refractivity contribution in [2.75, 3.05) is 32.8 Å². The molecule has 0 atom stereocenters. The minimum absolute atomic E-state index is 0. The van der Waals surface area contributed by atoms with Crippen LogP contribution in [-0.4, -0.2) is 38.4 Å². The van der Waals surface area contributed by atoms with E-state index in [0.717, 1.165) is 11.3 Å². The summed E-state index contributed by atoms with van der Waals surface area (Å²) in [6.45, 7) is 1.24. The lowest BCUT2D eigenvalue weighted by atomic mass is 10.3. The number of aromatic nitrogens is 1.